The van der Waals surface area contributed by atoms with Crippen LogP contribution < -0.4 is 15.5 Å². The summed E-state index contributed by atoms with van der Waals surface area (Å²) in [5.74, 6) is 0.874. The Labute approximate surface area is 141 Å². The molecule has 0 saturated carbocycles. The van der Waals surface area contributed by atoms with Crippen molar-refractivity contribution in [3.63, 3.8) is 0 Å². The van der Waals surface area contributed by atoms with E-state index in [4.69, 9.17) is 4.74 Å². The van der Waals surface area contributed by atoms with Gasteiger partial charge in [-0.05, 0) is 44.4 Å². The molecule has 0 atom stereocenters. The molecule has 0 unspecified atom stereocenters. The van der Waals surface area contributed by atoms with E-state index >= 15 is 0 Å². The van der Waals surface area contributed by atoms with Gasteiger partial charge in [0, 0.05) is 46.1 Å². The molecule has 0 spiro atoms. The first-order valence-corrected chi connectivity index (χ1v) is 8.53. The number of unbranched alkanes of at least 4 members (excludes halogenated alkanes) is 1. The fraction of sp³-hybridized carbons (Fsp3) is 0.611. The molecule has 0 aliphatic rings. The van der Waals surface area contributed by atoms with Crippen LogP contribution in [0.1, 0.15) is 32.3 Å². The molecule has 0 aliphatic heterocycles. The summed E-state index contributed by atoms with van der Waals surface area (Å²) in [7, 11) is 4.10. The molecule has 0 saturated heterocycles. The molecule has 1 rings (SSSR count). The summed E-state index contributed by atoms with van der Waals surface area (Å²) in [6, 6.07) is 8.47. The van der Waals surface area contributed by atoms with Gasteiger partial charge in [-0.2, -0.15) is 0 Å². The summed E-state index contributed by atoms with van der Waals surface area (Å²) in [6.07, 6.45) is 2.16. The summed E-state index contributed by atoms with van der Waals surface area (Å²) < 4.78 is 5.35. The van der Waals surface area contributed by atoms with Gasteiger partial charge in [0.25, 0.3) is 0 Å². The third-order valence-electron chi connectivity index (χ3n) is 3.40. The third kappa shape index (κ3) is 8.45. The van der Waals surface area contributed by atoms with Gasteiger partial charge in [0.15, 0.2) is 5.96 Å². The Morgan fingerprint density at radius 3 is 2.70 bits per heavy atom. The number of anilines is 1. The summed E-state index contributed by atoms with van der Waals surface area (Å²) in [6.45, 7) is 8.19. The monoisotopic (exact) mass is 320 g/mol. The van der Waals surface area contributed by atoms with E-state index in [2.05, 4.69) is 65.8 Å². The van der Waals surface area contributed by atoms with Gasteiger partial charge in [0.1, 0.15) is 0 Å². The Morgan fingerprint density at radius 2 is 2.00 bits per heavy atom. The molecule has 0 heterocycles. The number of hydrogen-bond acceptors (Lipinski definition) is 3. The first-order chi connectivity index (χ1) is 11.2. The summed E-state index contributed by atoms with van der Waals surface area (Å²) in [5, 5.41) is 6.67. The summed E-state index contributed by atoms with van der Waals surface area (Å²) in [5.41, 5.74) is 2.41. The van der Waals surface area contributed by atoms with Crippen LogP contribution in [0.5, 0.6) is 0 Å². The van der Waals surface area contributed by atoms with Crippen LogP contribution in [0.4, 0.5) is 5.69 Å². The topological polar surface area (TPSA) is 48.9 Å². The minimum atomic E-state index is 0.677. The smallest absolute Gasteiger partial charge is 0.191 e. The van der Waals surface area contributed by atoms with E-state index in [0.717, 1.165) is 45.1 Å². The van der Waals surface area contributed by atoms with Crippen molar-refractivity contribution < 1.29 is 4.74 Å². The van der Waals surface area contributed by atoms with Crippen molar-refractivity contribution >= 4 is 11.6 Å². The lowest BCUT2D eigenvalue weighted by molar-refractivity contribution is 0.143. The lowest BCUT2D eigenvalue weighted by Crippen LogP contribution is -2.37. The zero-order chi connectivity index (χ0) is 16.9. The van der Waals surface area contributed by atoms with Gasteiger partial charge in [-0.15, -0.1) is 0 Å². The van der Waals surface area contributed by atoms with Crippen LogP contribution in [0.3, 0.4) is 0 Å². The van der Waals surface area contributed by atoms with Crippen molar-refractivity contribution in [3.8, 4) is 0 Å². The van der Waals surface area contributed by atoms with Gasteiger partial charge in [0.2, 0.25) is 0 Å². The number of aliphatic imine (C=N–C) groups is 1. The van der Waals surface area contributed by atoms with Crippen molar-refractivity contribution in [1.82, 2.24) is 10.6 Å². The third-order valence-corrected chi connectivity index (χ3v) is 3.40. The summed E-state index contributed by atoms with van der Waals surface area (Å²) in [4.78, 5) is 6.77. The number of hydrogen-bond donors (Lipinski definition) is 2. The van der Waals surface area contributed by atoms with Crippen molar-refractivity contribution in [2.24, 2.45) is 4.99 Å². The highest BCUT2D eigenvalue weighted by molar-refractivity contribution is 5.79. The van der Waals surface area contributed by atoms with Crippen LogP contribution in [-0.4, -0.2) is 46.4 Å². The fourth-order valence-electron chi connectivity index (χ4n) is 2.13. The highest BCUT2D eigenvalue weighted by Gasteiger charge is 2.00. The van der Waals surface area contributed by atoms with Crippen molar-refractivity contribution in [3.05, 3.63) is 29.8 Å². The largest absolute Gasteiger partial charge is 0.382 e. The van der Waals surface area contributed by atoms with Crippen LogP contribution in [0.2, 0.25) is 0 Å². The minimum Gasteiger partial charge on any atom is -0.382 e. The molecule has 0 bridgehead atoms. The van der Waals surface area contributed by atoms with Crippen LogP contribution in [0, 0.1) is 0 Å². The molecule has 0 amide bonds. The first-order valence-electron chi connectivity index (χ1n) is 8.53. The lowest BCUT2D eigenvalue weighted by atomic mass is 10.2. The normalized spacial score (nSPS) is 11.4. The lowest BCUT2D eigenvalue weighted by Gasteiger charge is -2.14. The van der Waals surface area contributed by atoms with E-state index in [0.29, 0.717) is 6.54 Å². The van der Waals surface area contributed by atoms with E-state index < -0.39 is 0 Å². The van der Waals surface area contributed by atoms with Gasteiger partial charge in [0.05, 0.1) is 6.54 Å². The Kier molecular flexibility index (Phi) is 9.87. The molecule has 5 nitrogen and oxygen atoms in total. The van der Waals surface area contributed by atoms with E-state index in [9.17, 15) is 0 Å². The standard InChI is InChI=1S/C18H32N4O/c1-5-19-18(20-12-7-8-13-23-6-2)21-15-16-10-9-11-17(14-16)22(3)4/h9-11,14H,5-8,12-13,15H2,1-4H3,(H2,19,20,21). The predicted octanol–water partition coefficient (Wildman–Crippen LogP) is 2.62. The second kappa shape index (κ2) is 11.8. The second-order valence-corrected chi connectivity index (χ2v) is 5.59. The zero-order valence-electron chi connectivity index (χ0n) is 15.1. The molecule has 0 fully saturated rings. The van der Waals surface area contributed by atoms with Gasteiger partial charge in [-0.25, -0.2) is 4.99 Å². The molecule has 0 radical (unpaired) electrons. The number of rotatable bonds is 10. The Bertz CT molecular complexity index is 460. The van der Waals surface area contributed by atoms with Gasteiger partial charge >= 0.3 is 0 Å². The molecule has 0 aliphatic carbocycles. The maximum absolute atomic E-state index is 5.35. The molecule has 0 aromatic heterocycles. The second-order valence-electron chi connectivity index (χ2n) is 5.59. The van der Waals surface area contributed by atoms with Gasteiger partial charge < -0.3 is 20.3 Å². The number of benzene rings is 1. The number of guanidine groups is 1. The van der Waals surface area contributed by atoms with Crippen molar-refractivity contribution in [2.45, 2.75) is 33.2 Å². The van der Waals surface area contributed by atoms with Gasteiger partial charge in [-0.1, -0.05) is 12.1 Å². The Hall–Kier alpha value is -1.75. The van der Waals surface area contributed by atoms with Crippen LogP contribution >= 0.6 is 0 Å². The number of nitrogens with one attached hydrogen (secondary N) is 2. The minimum absolute atomic E-state index is 0.677. The molecule has 130 valence electrons. The average Bonchev–Trinajstić information content (AvgIpc) is 2.56. The van der Waals surface area contributed by atoms with Crippen LogP contribution in [-0.2, 0) is 11.3 Å². The highest BCUT2D eigenvalue weighted by Crippen LogP contribution is 2.13. The van der Waals surface area contributed by atoms with Crippen molar-refractivity contribution in [2.75, 3.05) is 45.3 Å². The molecule has 1 aromatic carbocycles. The first kappa shape index (κ1) is 19.3. The van der Waals surface area contributed by atoms with Crippen LogP contribution in [0.15, 0.2) is 29.3 Å². The van der Waals surface area contributed by atoms with E-state index in [1.54, 1.807) is 0 Å². The molecule has 5 heteroatoms. The quantitative estimate of drug-likeness (QED) is 0.395. The maximum Gasteiger partial charge on any atom is 0.191 e. The van der Waals surface area contributed by atoms with Crippen LogP contribution in [0.25, 0.3) is 0 Å². The van der Waals surface area contributed by atoms with Crippen molar-refractivity contribution in [1.29, 1.82) is 0 Å². The molecule has 23 heavy (non-hydrogen) atoms. The Morgan fingerprint density at radius 1 is 1.17 bits per heavy atom. The van der Waals surface area contributed by atoms with E-state index in [1.165, 1.54) is 11.3 Å². The predicted molar refractivity (Wildman–Crippen MR) is 99.3 cm³/mol. The highest BCUT2D eigenvalue weighted by atomic mass is 16.5. The van der Waals surface area contributed by atoms with E-state index in [-0.39, 0.29) is 0 Å². The van der Waals surface area contributed by atoms with E-state index in [1.807, 2.05) is 6.92 Å². The van der Waals surface area contributed by atoms with Gasteiger partial charge in [-0.3, -0.25) is 0 Å². The zero-order valence-corrected chi connectivity index (χ0v) is 15.1. The molecular formula is C18H32N4O. The maximum atomic E-state index is 5.35. The number of ether oxygens (including phenoxy) is 1. The molecular weight excluding hydrogens is 288 g/mol. The molecule has 1 aromatic rings. The molecule has 2 N–H and O–H groups in total. The average molecular weight is 320 g/mol. The Balaban J connectivity index is 2.46. The summed E-state index contributed by atoms with van der Waals surface area (Å²) >= 11 is 0. The number of nitrogens with zero attached hydrogens (tertiary/aromatic N) is 2. The fourth-order valence-corrected chi connectivity index (χ4v) is 2.13. The SMILES string of the molecule is CCNC(=NCc1cccc(N(C)C)c1)NCCCCOCC.